The van der Waals surface area contributed by atoms with Crippen molar-refractivity contribution in [2.75, 3.05) is 88.4 Å². The van der Waals surface area contributed by atoms with Crippen LogP contribution in [0.5, 0.6) is 0 Å². The van der Waals surface area contributed by atoms with Crippen LogP contribution in [0.4, 0.5) is 41.9 Å². The van der Waals surface area contributed by atoms with Crippen molar-refractivity contribution >= 4 is 137 Å². The second-order valence-electron chi connectivity index (χ2n) is 29.7. The first-order valence-corrected chi connectivity index (χ1v) is 38.7. The van der Waals surface area contributed by atoms with Crippen LogP contribution in [0.1, 0.15) is 181 Å². The number of carbonyl (C=O) groups excluding carboxylic acids is 10. The second kappa shape index (κ2) is 44.3. The number of halogens is 2. The number of carbonyl (C=O) groups is 11. The van der Waals surface area contributed by atoms with Crippen LogP contribution in [0.25, 0.3) is 0 Å². The molecule has 4 aromatic rings. The molecule has 0 radical (unpaired) electrons. The number of rotatable bonds is 10. The Hall–Kier alpha value is -7.01. The van der Waals surface area contributed by atoms with Crippen molar-refractivity contribution in [3.63, 3.8) is 0 Å². The molecule has 4 aliphatic heterocycles. The second-order valence-corrected chi connectivity index (χ2v) is 34.7. The summed E-state index contributed by atoms with van der Waals surface area (Å²) in [6.45, 7) is 32.5. The zero-order valence-corrected chi connectivity index (χ0v) is 75.1. The first-order valence-electron chi connectivity index (χ1n) is 34.9. The summed E-state index contributed by atoms with van der Waals surface area (Å²) in [6.07, 6.45) is 4.03. The fourth-order valence-corrected chi connectivity index (χ4v) is 10.5. The number of fused-ring (bicyclic) bond motifs is 4. The quantitative estimate of drug-likeness (QED) is 0.0387. The molecule has 0 aliphatic carbocycles. The van der Waals surface area contributed by atoms with Crippen molar-refractivity contribution in [1.29, 1.82) is 0.594 Å². The molecule has 31 nitrogen and oxygen atoms in total. The van der Waals surface area contributed by atoms with Crippen molar-refractivity contribution < 1.29 is 161 Å². The number of carboxylic acid groups (broad SMARTS) is 1. The summed E-state index contributed by atoms with van der Waals surface area (Å²) in [4.78, 5) is 164. The van der Waals surface area contributed by atoms with Gasteiger partial charge in [-0.1, -0.05) is 28.0 Å². The number of aromatic nitrogens is 4. The van der Waals surface area contributed by atoms with Gasteiger partial charge in [-0.3, -0.25) is 68.1 Å². The molecule has 1 atom stereocenters. The number of aryl methyl sites for hydroxylation is 4. The average molecular weight is 1750 g/mol. The van der Waals surface area contributed by atoms with Gasteiger partial charge in [-0.05, 0) is 213 Å². The van der Waals surface area contributed by atoms with Crippen LogP contribution in [0, 0.1) is 0 Å². The van der Waals surface area contributed by atoms with E-state index in [0.29, 0.717) is 86.0 Å². The number of methoxy groups -OCH3 is 6. The summed E-state index contributed by atoms with van der Waals surface area (Å²) >= 11 is 4.75. The smallest absolute Gasteiger partial charge is 0.859 e. The van der Waals surface area contributed by atoms with Crippen molar-refractivity contribution in [1.82, 2.24) is 19.9 Å². The zero-order chi connectivity index (χ0) is 83.5. The number of aliphatic carboxylic acids is 1. The molecular formula is C74H107BrIKN8O23Si. The molecule has 0 saturated carbocycles. The van der Waals surface area contributed by atoms with Crippen LogP contribution in [-0.2, 0) is 112 Å². The first kappa shape index (κ1) is 98.1. The molecule has 8 heterocycles. The van der Waals surface area contributed by atoms with Gasteiger partial charge in [-0.25, -0.2) is 24.2 Å². The Bertz CT molecular complexity index is 3770. The molecule has 1 unspecified atom stereocenters. The van der Waals surface area contributed by atoms with Crippen LogP contribution in [0.15, 0.2) is 53.1 Å². The van der Waals surface area contributed by atoms with Gasteiger partial charge in [0.1, 0.15) is 34.0 Å². The summed E-state index contributed by atoms with van der Waals surface area (Å²) in [6, 6.07) is 13.6. The largest absolute Gasteiger partial charge is 1.00 e. The van der Waals surface area contributed by atoms with E-state index < -0.39 is 108 Å². The Labute approximate surface area is 708 Å². The van der Waals surface area contributed by atoms with E-state index in [1.54, 1.807) is 102 Å². The molecule has 0 aromatic carbocycles. The van der Waals surface area contributed by atoms with Gasteiger partial charge in [0.05, 0.1) is 111 Å². The summed E-state index contributed by atoms with van der Waals surface area (Å²) in [7, 11) is 5.36. The molecule has 35 heteroatoms. The van der Waals surface area contributed by atoms with Gasteiger partial charge in [-0.15, -0.1) is 23.8 Å². The third-order valence-electron chi connectivity index (χ3n) is 15.0. The monoisotopic (exact) mass is 1750 g/mol. The van der Waals surface area contributed by atoms with E-state index in [1.165, 1.54) is 95.3 Å². The Morgan fingerprint density at radius 3 is 1.06 bits per heavy atom. The fraction of sp³-hybridized carbons (Fsp3) is 0.581. The minimum atomic E-state index is -1.86. The Morgan fingerprint density at radius 2 is 0.761 bits per heavy atom. The molecule has 4 aromatic heterocycles. The molecule has 4 aliphatic rings. The zero-order valence-electron chi connectivity index (χ0n) is 68.2. The van der Waals surface area contributed by atoms with Crippen LogP contribution in [0.3, 0.4) is 0 Å². The molecule has 0 bridgehead atoms. The maximum Gasteiger partial charge on any atom is 1.00 e. The van der Waals surface area contributed by atoms with E-state index in [4.69, 9.17) is 34.1 Å². The van der Waals surface area contributed by atoms with Crippen LogP contribution in [0.2, 0.25) is 19.6 Å². The van der Waals surface area contributed by atoms with Gasteiger partial charge in [-0.2, -0.15) is 0 Å². The summed E-state index contributed by atoms with van der Waals surface area (Å²) in [5.74, 6) is -7.01. The predicted molar refractivity (Wildman–Crippen MR) is 414 cm³/mol. The first-order chi connectivity index (χ1) is 50.5. The molecule has 0 spiro atoms. The van der Waals surface area contributed by atoms with E-state index in [-0.39, 0.29) is 75.3 Å². The number of amides is 4. The predicted octanol–water partition coefficient (Wildman–Crippen LogP) is 8.59. The minimum Gasteiger partial charge on any atom is -0.859 e. The molecule has 1 N–H and O–H groups in total. The van der Waals surface area contributed by atoms with E-state index in [2.05, 4.69) is 54.8 Å². The maximum absolute atomic E-state index is 12.5. The van der Waals surface area contributed by atoms with Gasteiger partial charge in [0, 0.05) is 26.2 Å². The normalized spacial score (nSPS) is 13.8. The van der Waals surface area contributed by atoms with Crippen molar-refractivity contribution in [3.8, 4) is 0 Å². The van der Waals surface area contributed by atoms with Crippen molar-refractivity contribution in [3.05, 3.63) is 93.0 Å². The van der Waals surface area contributed by atoms with Crippen LogP contribution < -0.4 is 75.8 Å². The number of hydrogen-bond donors (Lipinski definition) is 1. The number of anilines is 4. The third-order valence-corrected chi connectivity index (χ3v) is 15.5. The van der Waals surface area contributed by atoms with Gasteiger partial charge < -0.3 is 57.3 Å². The van der Waals surface area contributed by atoms with E-state index in [1.807, 2.05) is 53.7 Å². The topological polar surface area (TPSA) is 388 Å². The Kier molecular flexibility index (Phi) is 39.9. The summed E-state index contributed by atoms with van der Waals surface area (Å²) in [5, 5.41) is 9.08. The fourth-order valence-electron chi connectivity index (χ4n) is 10.2. The van der Waals surface area contributed by atoms with E-state index >= 15 is 0 Å². The maximum atomic E-state index is 12.5. The van der Waals surface area contributed by atoms with Gasteiger partial charge >= 0.3 is 118 Å². The van der Waals surface area contributed by atoms with E-state index in [9.17, 15) is 57.5 Å². The SMILES string of the molecule is CC(C(=O)O)c1ccc2c(n1)CCCN2C(=O)OC(C)(C)C.CC(C)(C)OC(=O)N1CCCc2nc(Br)ccc21.COC(=O)C(C(=O)OC)c1ccc2c(n1)CCCN2C(=O)OC(C)(C)C.COC(=O)C(C)(C(=O)OC)c1ccc2c(n1)CCCN2C(=O)OC(C)(C)C.COC(=O)CC(=O)OC.C[Si](C)(C)[O-].[2H]I.[K+]. The molecular weight excluding hydrogens is 1640 g/mol. The third kappa shape index (κ3) is 32.3. The number of nitrogens with zero attached hydrogens (tertiary/aromatic N) is 8. The summed E-state index contributed by atoms with van der Waals surface area (Å²) in [5.41, 5.74) is 2.74. The van der Waals surface area contributed by atoms with Crippen molar-refractivity contribution in [2.45, 2.75) is 214 Å². The molecule has 8 rings (SSSR count). The number of ether oxygens (including phenoxy) is 10. The van der Waals surface area contributed by atoms with Gasteiger partial charge in [0.15, 0.2) is 5.92 Å². The minimum absolute atomic E-state index is 0. The Balaban J connectivity index is 0.000000689. The standard InChI is InChI=1S/C19H26N2O6.C18H24N2O6.C16H22N2O4.C13H17BrN2O2.C5H8O4.C3H9OSi.HI.K/c1-18(2,3)27-17(24)21-11-7-8-12-13(21)9-10-14(20-12)19(4,15(22)25-5)16(23)26-6;1-18(2,3)26-17(23)20-10-6-7-11-13(20)9-8-12(19-11)14(15(21)24-4)16(22)25-5;1-10(14(19)20)11-7-8-13-12(17-11)6-5-9-18(13)15(21)22-16(2,3)4;1-13(2,3)18-12(17)16-8-4-5-9-10(16)6-7-11(14)15-9;1-8-4(6)3-5(7)9-2;1-5(2,3)4;;/h9-10H,7-8,11H2,1-6H3;8-9,14H,6-7,10H2,1-5H3;7-8,10H,5-6,9H2,1-4H3,(H,19,20);6-7H,4-5,8H2,1-3H3;3H2,1-2H3;1-3H3;1H;/q;;;;;-1;;+1/i/hD. The number of esters is 6. The average Bonchev–Trinajstić information content (AvgIpc) is 0.780. The number of carboxylic acids is 1. The van der Waals surface area contributed by atoms with Crippen LogP contribution >= 0.6 is 39.7 Å². The summed E-state index contributed by atoms with van der Waals surface area (Å²) < 4.78 is 55.5. The molecule has 4 amide bonds. The molecule has 0 saturated heterocycles. The van der Waals surface area contributed by atoms with Gasteiger partial charge in [0.25, 0.3) is 0 Å². The van der Waals surface area contributed by atoms with Gasteiger partial charge in [0.2, 0.25) is 5.41 Å². The molecule has 109 heavy (non-hydrogen) atoms. The van der Waals surface area contributed by atoms with Crippen molar-refractivity contribution in [2.24, 2.45) is 0 Å². The van der Waals surface area contributed by atoms with E-state index in [0.717, 1.165) is 47.4 Å². The Morgan fingerprint density at radius 1 is 0.477 bits per heavy atom. The number of pyridine rings is 4. The van der Waals surface area contributed by atoms with Crippen LogP contribution in [-0.4, -0.2) is 191 Å². The molecule has 600 valence electrons. The molecule has 0 fully saturated rings. The number of hydrogen-bond acceptors (Lipinski definition) is 26.